The molecule has 0 spiro atoms. The first-order valence-electron chi connectivity index (χ1n) is 20.7. The highest BCUT2D eigenvalue weighted by Gasteiger charge is 2.70. The van der Waals surface area contributed by atoms with Crippen molar-refractivity contribution in [3.63, 3.8) is 0 Å². The van der Waals surface area contributed by atoms with Crippen molar-refractivity contribution in [3.8, 4) is 0 Å². The van der Waals surface area contributed by atoms with Gasteiger partial charge in [0, 0.05) is 11.8 Å². The molecule has 2 saturated heterocycles. The topological polar surface area (TPSA) is 216 Å². The predicted octanol–water partition coefficient (Wildman–Crippen LogP) is 1.97. The number of aliphatic hydroxyl groups is 8. The summed E-state index contributed by atoms with van der Waals surface area (Å²) in [5.41, 5.74) is -0.0589. The Morgan fingerprint density at radius 1 is 0.745 bits per heavy atom. The van der Waals surface area contributed by atoms with Gasteiger partial charge in [0.05, 0.1) is 31.3 Å². The van der Waals surface area contributed by atoms with Crippen LogP contribution in [0.1, 0.15) is 106 Å². The number of ether oxygens (including phenoxy) is 4. The largest absolute Gasteiger partial charge is 0.395 e. The highest BCUT2D eigenvalue weighted by Crippen LogP contribution is 2.75. The number of carbonyl (C=O) groups is 1. The van der Waals surface area contributed by atoms with Crippen LogP contribution in [0.4, 0.5) is 0 Å². The van der Waals surface area contributed by atoms with Crippen LogP contribution in [0.25, 0.3) is 0 Å². The van der Waals surface area contributed by atoms with Gasteiger partial charge in [-0.1, -0.05) is 60.1 Å². The summed E-state index contributed by atoms with van der Waals surface area (Å²) in [5, 5.41) is 83.9. The Labute approximate surface area is 325 Å². The van der Waals surface area contributed by atoms with Crippen molar-refractivity contribution < 1.29 is 64.6 Å². The van der Waals surface area contributed by atoms with E-state index in [1.807, 2.05) is 0 Å². The molecule has 4 saturated carbocycles. The van der Waals surface area contributed by atoms with Crippen LogP contribution in [0, 0.1) is 50.2 Å². The number of aliphatic hydroxyl groups excluding tert-OH is 8. The number of hydrogen-bond donors (Lipinski definition) is 8. The van der Waals surface area contributed by atoms with E-state index in [1.165, 1.54) is 5.57 Å². The molecule has 18 unspecified atom stereocenters. The zero-order valence-corrected chi connectivity index (χ0v) is 33.8. The Hall–Kier alpha value is -1.07. The van der Waals surface area contributed by atoms with Gasteiger partial charge in [0.25, 0.3) is 0 Å². The normalized spacial score (nSPS) is 53.3. The zero-order valence-electron chi connectivity index (χ0n) is 33.8. The lowest BCUT2D eigenvalue weighted by atomic mass is 9.33. The summed E-state index contributed by atoms with van der Waals surface area (Å²) < 4.78 is 23.7. The standard InChI is InChI=1S/C42H68O13/c1-37(2)14-15-42(20-44)22(16-37)21-8-9-26-39(5)12-11-28(38(3,4)25(39)10-13-40(26,6)41(21,7)17-27(42)45)55-36-34(51)32(49)30(47)24(54-36)19-52-35-33(50)31(48)29(46)23(18-43)53-35/h8,22-26,28-36,43-44,46-51H,9-20H2,1-7H3. The molecule has 8 N–H and O–H groups in total. The average molecular weight is 781 g/mol. The van der Waals surface area contributed by atoms with Gasteiger partial charge in [0.15, 0.2) is 12.6 Å². The van der Waals surface area contributed by atoms with Gasteiger partial charge < -0.3 is 59.8 Å². The molecule has 2 aliphatic heterocycles. The molecule has 7 aliphatic rings. The highest BCUT2D eigenvalue weighted by atomic mass is 16.7. The van der Waals surface area contributed by atoms with Crippen molar-refractivity contribution in [1.29, 1.82) is 0 Å². The second-order valence-electron chi connectivity index (χ2n) is 20.7. The maximum Gasteiger partial charge on any atom is 0.186 e. The smallest absolute Gasteiger partial charge is 0.186 e. The lowest BCUT2D eigenvalue weighted by molar-refractivity contribution is -0.345. The van der Waals surface area contributed by atoms with Gasteiger partial charge in [-0.3, -0.25) is 4.79 Å². The average Bonchev–Trinajstić information content (AvgIpc) is 3.12. The monoisotopic (exact) mass is 780 g/mol. The summed E-state index contributed by atoms with van der Waals surface area (Å²) in [6.07, 6.45) is -5.29. The first-order chi connectivity index (χ1) is 25.6. The van der Waals surface area contributed by atoms with Crippen LogP contribution in [0.2, 0.25) is 0 Å². The van der Waals surface area contributed by atoms with Gasteiger partial charge >= 0.3 is 0 Å². The zero-order chi connectivity index (χ0) is 40.3. The third-order valence-electron chi connectivity index (χ3n) is 17.1. The molecular formula is C42H68O13. The third kappa shape index (κ3) is 6.27. The molecule has 55 heavy (non-hydrogen) atoms. The molecule has 18 atom stereocenters. The van der Waals surface area contributed by atoms with Crippen LogP contribution in [-0.2, 0) is 23.7 Å². The number of Topliss-reactive ketones (excluding diaryl/α,β-unsaturated/α-hetero) is 1. The van der Waals surface area contributed by atoms with Crippen LogP contribution in [0.5, 0.6) is 0 Å². The minimum absolute atomic E-state index is 0.0543. The summed E-state index contributed by atoms with van der Waals surface area (Å²) in [5.74, 6) is 0.841. The van der Waals surface area contributed by atoms with Gasteiger partial charge in [0.1, 0.15) is 54.6 Å². The fourth-order valence-corrected chi connectivity index (χ4v) is 13.4. The Balaban J connectivity index is 1.08. The fourth-order valence-electron chi connectivity index (χ4n) is 13.4. The molecule has 13 nitrogen and oxygen atoms in total. The van der Waals surface area contributed by atoms with E-state index in [2.05, 4.69) is 54.5 Å². The number of fused-ring (bicyclic) bond motifs is 7. The van der Waals surface area contributed by atoms with Crippen molar-refractivity contribution in [2.45, 2.75) is 174 Å². The van der Waals surface area contributed by atoms with Gasteiger partial charge in [-0.15, -0.1) is 0 Å². The number of rotatable bonds is 7. The Morgan fingerprint density at radius 3 is 2.04 bits per heavy atom. The van der Waals surface area contributed by atoms with E-state index in [4.69, 9.17) is 18.9 Å². The van der Waals surface area contributed by atoms with Crippen LogP contribution >= 0.6 is 0 Å². The molecule has 0 aromatic rings. The lowest BCUT2D eigenvalue weighted by Gasteiger charge is -2.71. The summed E-state index contributed by atoms with van der Waals surface area (Å²) in [6, 6.07) is 0. The van der Waals surface area contributed by atoms with E-state index < -0.39 is 80.0 Å². The quantitative estimate of drug-likeness (QED) is 0.137. The molecular weight excluding hydrogens is 712 g/mol. The van der Waals surface area contributed by atoms with Gasteiger partial charge in [-0.05, 0) is 90.8 Å². The van der Waals surface area contributed by atoms with Crippen molar-refractivity contribution in [1.82, 2.24) is 0 Å². The number of hydrogen-bond acceptors (Lipinski definition) is 13. The van der Waals surface area contributed by atoms with Crippen LogP contribution in [0.3, 0.4) is 0 Å². The molecule has 0 aromatic heterocycles. The molecule has 13 heteroatoms. The number of carbonyl (C=O) groups excluding carboxylic acids is 1. The third-order valence-corrected chi connectivity index (χ3v) is 17.1. The predicted molar refractivity (Wildman–Crippen MR) is 198 cm³/mol. The molecule has 6 fully saturated rings. The number of ketones is 1. The first kappa shape index (κ1) is 42.1. The van der Waals surface area contributed by atoms with E-state index in [9.17, 15) is 45.6 Å². The fraction of sp³-hybridized carbons (Fsp3) is 0.929. The molecule has 5 aliphatic carbocycles. The van der Waals surface area contributed by atoms with Crippen LogP contribution in [-0.4, -0.2) is 134 Å². The SMILES string of the molecule is CC1(C)CCC2(CO)C(=O)CC3(C)C(=CCC4C5(C)CCC(OC6OC(COC7OC(CO)C(O)C(O)C7O)C(O)C(O)C6O)C(C)(C)C5CCC43C)C2C1. The highest BCUT2D eigenvalue weighted by molar-refractivity contribution is 5.89. The Kier molecular flexibility index (Phi) is 10.9. The Bertz CT molecular complexity index is 1480. The molecule has 0 amide bonds. The summed E-state index contributed by atoms with van der Waals surface area (Å²) >= 11 is 0. The van der Waals surface area contributed by atoms with Crippen molar-refractivity contribution >= 4 is 5.78 Å². The molecule has 0 radical (unpaired) electrons. The maximum atomic E-state index is 14.3. The van der Waals surface area contributed by atoms with Gasteiger partial charge in [-0.2, -0.15) is 0 Å². The lowest BCUT2D eigenvalue weighted by Crippen LogP contribution is -2.67. The maximum absolute atomic E-state index is 14.3. The van der Waals surface area contributed by atoms with E-state index in [0.29, 0.717) is 18.8 Å². The summed E-state index contributed by atoms with van der Waals surface area (Å²) in [6.45, 7) is 15.1. The molecule has 2 heterocycles. The number of allylic oxidation sites excluding steroid dienone is 2. The van der Waals surface area contributed by atoms with Crippen LogP contribution in [0.15, 0.2) is 11.6 Å². The molecule has 314 valence electrons. The van der Waals surface area contributed by atoms with Gasteiger partial charge in [-0.25, -0.2) is 0 Å². The van der Waals surface area contributed by atoms with Crippen LogP contribution < -0.4 is 0 Å². The van der Waals surface area contributed by atoms with E-state index in [0.717, 1.165) is 44.9 Å². The molecule has 7 rings (SSSR count). The van der Waals surface area contributed by atoms with Gasteiger partial charge in [0.2, 0.25) is 0 Å². The van der Waals surface area contributed by atoms with E-state index >= 15 is 0 Å². The first-order valence-corrected chi connectivity index (χ1v) is 20.7. The summed E-state index contributed by atoms with van der Waals surface area (Å²) in [4.78, 5) is 14.3. The van der Waals surface area contributed by atoms with Crippen molar-refractivity contribution in [3.05, 3.63) is 11.6 Å². The Morgan fingerprint density at radius 2 is 1.38 bits per heavy atom. The minimum Gasteiger partial charge on any atom is -0.395 e. The van der Waals surface area contributed by atoms with E-state index in [1.54, 1.807) is 0 Å². The minimum atomic E-state index is -1.66. The second-order valence-corrected chi connectivity index (χ2v) is 20.7. The second kappa shape index (κ2) is 14.3. The van der Waals surface area contributed by atoms with E-state index in [-0.39, 0.29) is 57.4 Å². The van der Waals surface area contributed by atoms with Crippen molar-refractivity contribution in [2.75, 3.05) is 19.8 Å². The summed E-state index contributed by atoms with van der Waals surface area (Å²) in [7, 11) is 0. The molecule has 0 aromatic carbocycles. The van der Waals surface area contributed by atoms with Crippen molar-refractivity contribution in [2.24, 2.45) is 50.2 Å². The molecule has 0 bridgehead atoms.